The fourth-order valence-corrected chi connectivity index (χ4v) is 2.88. The van der Waals surface area contributed by atoms with Crippen molar-refractivity contribution in [1.29, 1.82) is 0 Å². The van der Waals surface area contributed by atoms with Gasteiger partial charge in [0.1, 0.15) is 4.88 Å². The van der Waals surface area contributed by atoms with Gasteiger partial charge in [-0.2, -0.15) is 0 Å². The smallest absolute Gasteiger partial charge is 0.263 e. The van der Waals surface area contributed by atoms with Gasteiger partial charge < -0.3 is 5.32 Å². The number of hydrogen-bond acceptors (Lipinski definition) is 3. The van der Waals surface area contributed by atoms with Crippen LogP contribution in [0, 0.1) is 13.8 Å². The predicted molar refractivity (Wildman–Crippen MR) is 79.1 cm³/mol. The third-order valence-electron chi connectivity index (χ3n) is 2.70. The summed E-state index contributed by atoms with van der Waals surface area (Å²) in [5.74, 6) is -0.0508. The number of aromatic nitrogens is 1. The molecule has 0 spiro atoms. The fourth-order valence-electron chi connectivity index (χ4n) is 1.84. The summed E-state index contributed by atoms with van der Waals surface area (Å²) in [6.45, 7) is 4.35. The monoisotopic (exact) mass is 294 g/mol. The molecule has 0 unspecified atom stereocenters. The summed E-state index contributed by atoms with van der Waals surface area (Å²) < 4.78 is 0. The molecule has 0 aliphatic heterocycles. The van der Waals surface area contributed by atoms with Crippen molar-refractivity contribution < 1.29 is 4.79 Å². The molecule has 1 amide bonds. The Kier molecular flexibility index (Phi) is 4.56. The second-order valence-corrected chi connectivity index (χ2v) is 5.92. The highest BCUT2D eigenvalue weighted by molar-refractivity contribution is 7.13. The molecule has 0 aliphatic rings. The number of nitrogens with one attached hydrogen (secondary N) is 1. The summed E-state index contributed by atoms with van der Waals surface area (Å²) in [7, 11) is 0. The number of rotatable bonds is 4. The molecule has 100 valence electrons. The third-order valence-corrected chi connectivity index (χ3v) is 4.00. The highest BCUT2D eigenvalue weighted by Gasteiger charge is 2.12. The molecule has 0 radical (unpaired) electrons. The molecule has 1 N–H and O–H groups in total. The van der Waals surface area contributed by atoms with E-state index in [0.29, 0.717) is 11.4 Å². The van der Waals surface area contributed by atoms with Gasteiger partial charge in [0, 0.05) is 11.6 Å². The Hall–Kier alpha value is -1.39. The standard InChI is InChI=1S/C14H15ClN2OS/c1-9-13(19-10(2)17-9)14(18)16-7-6-11-4-3-5-12(15)8-11/h3-5,8H,6-7H2,1-2H3,(H,16,18). The van der Waals surface area contributed by atoms with E-state index in [1.54, 1.807) is 0 Å². The minimum Gasteiger partial charge on any atom is -0.351 e. The zero-order valence-electron chi connectivity index (χ0n) is 10.9. The van der Waals surface area contributed by atoms with E-state index in [0.717, 1.165) is 27.7 Å². The zero-order valence-corrected chi connectivity index (χ0v) is 12.4. The molecule has 19 heavy (non-hydrogen) atoms. The first kappa shape index (κ1) is 14.0. The van der Waals surface area contributed by atoms with Crippen molar-refractivity contribution in [2.75, 3.05) is 6.54 Å². The van der Waals surface area contributed by atoms with Crippen LogP contribution in [0.1, 0.15) is 25.9 Å². The summed E-state index contributed by atoms with van der Waals surface area (Å²) in [6.07, 6.45) is 0.767. The first-order valence-electron chi connectivity index (χ1n) is 6.03. The minimum atomic E-state index is -0.0508. The molecule has 0 aliphatic carbocycles. The Morgan fingerprint density at radius 3 is 2.84 bits per heavy atom. The lowest BCUT2D eigenvalue weighted by atomic mass is 10.1. The Labute approximate surface area is 121 Å². The van der Waals surface area contributed by atoms with Crippen LogP contribution in [0.4, 0.5) is 0 Å². The summed E-state index contributed by atoms with van der Waals surface area (Å²) in [6, 6.07) is 7.67. The van der Waals surface area contributed by atoms with Crippen molar-refractivity contribution in [2.45, 2.75) is 20.3 Å². The summed E-state index contributed by atoms with van der Waals surface area (Å²) in [5.41, 5.74) is 1.91. The van der Waals surface area contributed by atoms with Gasteiger partial charge in [-0.05, 0) is 38.0 Å². The number of amides is 1. The van der Waals surface area contributed by atoms with Crippen LogP contribution in [0.5, 0.6) is 0 Å². The number of carbonyl (C=O) groups excluding carboxylic acids is 1. The van der Waals surface area contributed by atoms with Crippen LogP contribution in [0.3, 0.4) is 0 Å². The maximum Gasteiger partial charge on any atom is 0.263 e. The van der Waals surface area contributed by atoms with Gasteiger partial charge in [-0.1, -0.05) is 23.7 Å². The van der Waals surface area contributed by atoms with Crippen LogP contribution in [0.25, 0.3) is 0 Å². The largest absolute Gasteiger partial charge is 0.351 e. The number of aryl methyl sites for hydroxylation is 2. The van der Waals surface area contributed by atoms with Crippen LogP contribution in [-0.2, 0) is 6.42 Å². The van der Waals surface area contributed by atoms with Crippen LogP contribution >= 0.6 is 22.9 Å². The number of halogens is 1. The molecule has 2 rings (SSSR count). The van der Waals surface area contributed by atoms with E-state index in [4.69, 9.17) is 11.6 Å². The van der Waals surface area contributed by atoms with E-state index in [2.05, 4.69) is 10.3 Å². The van der Waals surface area contributed by atoms with Crippen LogP contribution in [0.2, 0.25) is 5.02 Å². The Morgan fingerprint density at radius 2 is 2.21 bits per heavy atom. The molecule has 2 aromatic rings. The van der Waals surface area contributed by atoms with Gasteiger partial charge in [-0.15, -0.1) is 11.3 Å². The van der Waals surface area contributed by atoms with Crippen LogP contribution in [0.15, 0.2) is 24.3 Å². The van der Waals surface area contributed by atoms with Crippen molar-refractivity contribution in [1.82, 2.24) is 10.3 Å². The van der Waals surface area contributed by atoms with Gasteiger partial charge in [0.25, 0.3) is 5.91 Å². The average molecular weight is 295 g/mol. The maximum atomic E-state index is 12.0. The van der Waals surface area contributed by atoms with Crippen LogP contribution < -0.4 is 5.32 Å². The molecule has 1 heterocycles. The van der Waals surface area contributed by atoms with E-state index < -0.39 is 0 Å². The first-order chi connectivity index (χ1) is 9.06. The number of hydrogen-bond donors (Lipinski definition) is 1. The van der Waals surface area contributed by atoms with Crippen LogP contribution in [-0.4, -0.2) is 17.4 Å². The molecule has 0 bridgehead atoms. The van der Waals surface area contributed by atoms with E-state index in [9.17, 15) is 4.79 Å². The lowest BCUT2D eigenvalue weighted by Crippen LogP contribution is -2.25. The molecule has 0 atom stereocenters. The second kappa shape index (κ2) is 6.17. The van der Waals surface area contributed by atoms with Gasteiger partial charge >= 0.3 is 0 Å². The molecule has 0 saturated carbocycles. The summed E-state index contributed by atoms with van der Waals surface area (Å²) >= 11 is 7.34. The quantitative estimate of drug-likeness (QED) is 0.939. The molecule has 0 saturated heterocycles. The lowest BCUT2D eigenvalue weighted by Gasteiger charge is -2.04. The third kappa shape index (κ3) is 3.78. The summed E-state index contributed by atoms with van der Waals surface area (Å²) in [4.78, 5) is 16.9. The van der Waals surface area contributed by atoms with Gasteiger partial charge in [0.2, 0.25) is 0 Å². The van der Waals surface area contributed by atoms with Crippen molar-refractivity contribution in [2.24, 2.45) is 0 Å². The molecular formula is C14H15ClN2OS. The van der Waals surface area contributed by atoms with Gasteiger partial charge in [0.05, 0.1) is 10.7 Å². The zero-order chi connectivity index (χ0) is 13.8. The van der Waals surface area contributed by atoms with Gasteiger partial charge in [-0.25, -0.2) is 4.98 Å². The van der Waals surface area contributed by atoms with Crippen molar-refractivity contribution in [3.63, 3.8) is 0 Å². The maximum absolute atomic E-state index is 12.0. The topological polar surface area (TPSA) is 42.0 Å². The van der Waals surface area contributed by atoms with Crippen molar-refractivity contribution in [3.05, 3.63) is 50.4 Å². The second-order valence-electron chi connectivity index (χ2n) is 4.28. The molecule has 1 aromatic carbocycles. The van der Waals surface area contributed by atoms with E-state index >= 15 is 0 Å². The molecule has 3 nitrogen and oxygen atoms in total. The van der Waals surface area contributed by atoms with Gasteiger partial charge in [-0.3, -0.25) is 4.79 Å². The molecular weight excluding hydrogens is 280 g/mol. The van der Waals surface area contributed by atoms with Crippen molar-refractivity contribution >= 4 is 28.8 Å². The molecule has 0 fully saturated rings. The van der Waals surface area contributed by atoms with Crippen molar-refractivity contribution in [3.8, 4) is 0 Å². The number of thiazole rings is 1. The SMILES string of the molecule is Cc1nc(C)c(C(=O)NCCc2cccc(Cl)c2)s1. The Morgan fingerprint density at radius 1 is 1.42 bits per heavy atom. The van der Waals surface area contributed by atoms with Gasteiger partial charge in [0.15, 0.2) is 0 Å². The highest BCUT2D eigenvalue weighted by Crippen LogP contribution is 2.16. The minimum absolute atomic E-state index is 0.0508. The van der Waals surface area contributed by atoms with E-state index in [-0.39, 0.29) is 5.91 Å². The molecule has 1 aromatic heterocycles. The Bertz CT molecular complexity index is 595. The fraction of sp³-hybridized carbons (Fsp3) is 0.286. The number of nitrogens with zero attached hydrogens (tertiary/aromatic N) is 1. The van der Waals surface area contributed by atoms with E-state index in [1.165, 1.54) is 11.3 Å². The lowest BCUT2D eigenvalue weighted by molar-refractivity contribution is 0.0957. The number of carbonyl (C=O) groups is 1. The predicted octanol–water partition coefficient (Wildman–Crippen LogP) is 3.39. The highest BCUT2D eigenvalue weighted by atomic mass is 35.5. The normalized spacial score (nSPS) is 10.5. The average Bonchev–Trinajstić information content (AvgIpc) is 2.68. The van der Waals surface area contributed by atoms with E-state index in [1.807, 2.05) is 38.1 Å². The Balaban J connectivity index is 1.89. The summed E-state index contributed by atoms with van der Waals surface area (Å²) in [5, 5.41) is 4.54. The first-order valence-corrected chi connectivity index (χ1v) is 7.22. The number of benzene rings is 1. The molecule has 5 heteroatoms.